The average molecular weight is 265 g/mol. The number of rotatable bonds is 3. The van der Waals surface area contributed by atoms with Crippen LogP contribution in [-0.2, 0) is 4.79 Å². The lowest BCUT2D eigenvalue weighted by atomic mass is 10.2. The lowest BCUT2D eigenvalue weighted by Crippen LogP contribution is -2.48. The highest BCUT2D eigenvalue weighted by molar-refractivity contribution is 5.81. The molecule has 1 aromatic rings. The zero-order valence-electron chi connectivity index (χ0n) is 11.4. The number of piperazine rings is 1. The van der Waals surface area contributed by atoms with Crippen LogP contribution in [-0.4, -0.2) is 55.5 Å². The summed E-state index contributed by atoms with van der Waals surface area (Å²) in [4.78, 5) is 16.1. The Morgan fingerprint density at radius 2 is 2.00 bits per heavy atom. The van der Waals surface area contributed by atoms with Crippen molar-refractivity contribution in [2.45, 2.75) is 6.92 Å². The molecule has 1 aromatic carbocycles. The molecule has 0 radical (unpaired) electrons. The van der Waals surface area contributed by atoms with Crippen molar-refractivity contribution in [1.29, 1.82) is 0 Å². The quantitative estimate of drug-likeness (QED) is 0.895. The minimum Gasteiger partial charge on any atom is -0.376 e. The monoisotopic (exact) mass is 265 g/mol. The van der Waals surface area contributed by atoms with Crippen molar-refractivity contribution in [1.82, 2.24) is 9.80 Å². The van der Waals surface area contributed by atoms with Crippen molar-refractivity contribution in [2.24, 2.45) is 0 Å². The van der Waals surface area contributed by atoms with Gasteiger partial charge in [-0.1, -0.05) is 6.07 Å². The molecule has 0 saturated carbocycles. The zero-order chi connectivity index (χ0) is 13.8. The number of likely N-dealkylation sites (N-methyl/N-ethyl adjacent to an activating group) is 1. The van der Waals surface area contributed by atoms with Crippen LogP contribution in [0.25, 0.3) is 0 Å². The smallest absolute Gasteiger partial charge is 0.241 e. The molecule has 1 heterocycles. The molecule has 1 saturated heterocycles. The fourth-order valence-electron chi connectivity index (χ4n) is 2.14. The van der Waals surface area contributed by atoms with Crippen LogP contribution in [0, 0.1) is 12.7 Å². The van der Waals surface area contributed by atoms with Gasteiger partial charge in [0.05, 0.1) is 6.54 Å². The molecule has 0 spiro atoms. The largest absolute Gasteiger partial charge is 0.376 e. The first-order valence-electron chi connectivity index (χ1n) is 6.53. The van der Waals surface area contributed by atoms with E-state index in [0.29, 0.717) is 11.3 Å². The van der Waals surface area contributed by atoms with E-state index in [4.69, 9.17) is 0 Å². The van der Waals surface area contributed by atoms with Crippen molar-refractivity contribution < 1.29 is 9.18 Å². The highest BCUT2D eigenvalue weighted by atomic mass is 19.1. The van der Waals surface area contributed by atoms with Gasteiger partial charge < -0.3 is 15.1 Å². The molecule has 1 N–H and O–H groups in total. The summed E-state index contributed by atoms with van der Waals surface area (Å²) >= 11 is 0. The third-order valence-corrected chi connectivity index (χ3v) is 3.55. The lowest BCUT2D eigenvalue weighted by Gasteiger charge is -2.32. The molecule has 0 bridgehead atoms. The molecule has 0 aromatic heterocycles. The van der Waals surface area contributed by atoms with Crippen LogP contribution in [0.2, 0.25) is 0 Å². The summed E-state index contributed by atoms with van der Waals surface area (Å²) in [7, 11) is 2.05. The number of carbonyl (C=O) groups excluding carboxylic acids is 1. The van der Waals surface area contributed by atoms with E-state index >= 15 is 0 Å². The minimum absolute atomic E-state index is 0.0664. The normalized spacial score (nSPS) is 16.5. The van der Waals surface area contributed by atoms with Gasteiger partial charge in [-0.2, -0.15) is 0 Å². The fourth-order valence-corrected chi connectivity index (χ4v) is 2.14. The maximum atomic E-state index is 13.4. The third kappa shape index (κ3) is 3.44. The highest BCUT2D eigenvalue weighted by Crippen LogP contribution is 2.17. The van der Waals surface area contributed by atoms with E-state index in [0.717, 1.165) is 26.2 Å². The summed E-state index contributed by atoms with van der Waals surface area (Å²) in [6, 6.07) is 4.85. The minimum atomic E-state index is -0.253. The van der Waals surface area contributed by atoms with Gasteiger partial charge in [-0.05, 0) is 26.1 Å². The van der Waals surface area contributed by atoms with Crippen LogP contribution in [0.3, 0.4) is 0 Å². The van der Waals surface area contributed by atoms with Gasteiger partial charge in [-0.15, -0.1) is 0 Å². The number of carbonyl (C=O) groups is 1. The van der Waals surface area contributed by atoms with E-state index in [-0.39, 0.29) is 18.3 Å². The molecular formula is C14H20FN3O. The highest BCUT2D eigenvalue weighted by Gasteiger charge is 2.18. The number of amides is 1. The lowest BCUT2D eigenvalue weighted by molar-refractivity contribution is -0.130. The fraction of sp³-hybridized carbons (Fsp3) is 0.500. The van der Waals surface area contributed by atoms with Gasteiger partial charge in [-0.25, -0.2) is 4.39 Å². The molecule has 0 atom stereocenters. The van der Waals surface area contributed by atoms with Gasteiger partial charge >= 0.3 is 0 Å². The number of hydrogen-bond donors (Lipinski definition) is 1. The number of hydrogen-bond acceptors (Lipinski definition) is 3. The van der Waals surface area contributed by atoms with E-state index in [1.54, 1.807) is 19.1 Å². The van der Waals surface area contributed by atoms with Crippen LogP contribution in [0.5, 0.6) is 0 Å². The molecule has 1 amide bonds. The molecule has 2 rings (SSSR count). The summed E-state index contributed by atoms with van der Waals surface area (Å²) in [5.74, 6) is -0.186. The maximum absolute atomic E-state index is 13.4. The van der Waals surface area contributed by atoms with Crippen LogP contribution >= 0.6 is 0 Å². The predicted octanol–water partition coefficient (Wildman–Crippen LogP) is 1.32. The number of halogens is 1. The number of anilines is 1. The Labute approximate surface area is 113 Å². The third-order valence-electron chi connectivity index (χ3n) is 3.55. The first-order valence-corrected chi connectivity index (χ1v) is 6.53. The molecule has 19 heavy (non-hydrogen) atoms. The van der Waals surface area contributed by atoms with Gasteiger partial charge in [0.25, 0.3) is 0 Å². The molecule has 1 aliphatic rings. The van der Waals surface area contributed by atoms with Crippen LogP contribution in [0.4, 0.5) is 10.1 Å². The standard InChI is InChI=1S/C14H20FN3O/c1-11-12(15)4-3-5-13(11)16-10-14(19)18-8-6-17(2)7-9-18/h3-5,16H,6-10H2,1-2H3. The Balaban J connectivity index is 1.88. The summed E-state index contributed by atoms with van der Waals surface area (Å²) < 4.78 is 13.4. The zero-order valence-corrected chi connectivity index (χ0v) is 11.4. The van der Waals surface area contributed by atoms with E-state index in [9.17, 15) is 9.18 Å². The topological polar surface area (TPSA) is 35.6 Å². The Bertz CT molecular complexity index is 456. The van der Waals surface area contributed by atoms with Crippen LogP contribution < -0.4 is 5.32 Å². The number of nitrogens with one attached hydrogen (secondary N) is 1. The van der Waals surface area contributed by atoms with Crippen LogP contribution in [0.15, 0.2) is 18.2 Å². The molecule has 0 aliphatic carbocycles. The maximum Gasteiger partial charge on any atom is 0.241 e. The van der Waals surface area contributed by atoms with E-state index in [2.05, 4.69) is 17.3 Å². The second kappa shape index (κ2) is 6.02. The second-order valence-electron chi connectivity index (χ2n) is 4.95. The van der Waals surface area contributed by atoms with E-state index in [1.165, 1.54) is 6.07 Å². The summed E-state index contributed by atoms with van der Waals surface area (Å²) in [6.07, 6.45) is 0. The summed E-state index contributed by atoms with van der Waals surface area (Å²) in [6.45, 7) is 5.26. The Kier molecular flexibility index (Phi) is 4.37. The molecule has 1 aliphatic heterocycles. The van der Waals surface area contributed by atoms with E-state index in [1.807, 2.05) is 4.90 Å². The van der Waals surface area contributed by atoms with Gasteiger partial charge in [0.2, 0.25) is 5.91 Å². The van der Waals surface area contributed by atoms with Crippen molar-refractivity contribution in [3.8, 4) is 0 Å². The van der Waals surface area contributed by atoms with Crippen LogP contribution in [0.1, 0.15) is 5.56 Å². The Morgan fingerprint density at radius 3 is 2.68 bits per heavy atom. The van der Waals surface area contributed by atoms with Crippen molar-refractivity contribution in [3.63, 3.8) is 0 Å². The molecule has 1 fully saturated rings. The number of benzene rings is 1. The molecule has 4 nitrogen and oxygen atoms in total. The SMILES string of the molecule is Cc1c(F)cccc1NCC(=O)N1CCN(C)CC1. The molecule has 104 valence electrons. The first-order chi connectivity index (χ1) is 9.08. The van der Waals surface area contributed by atoms with Crippen molar-refractivity contribution >= 4 is 11.6 Å². The van der Waals surface area contributed by atoms with Crippen molar-refractivity contribution in [3.05, 3.63) is 29.6 Å². The predicted molar refractivity (Wildman–Crippen MR) is 73.7 cm³/mol. The molecule has 5 heteroatoms. The van der Waals surface area contributed by atoms with Gasteiger partial charge in [0, 0.05) is 37.4 Å². The molecular weight excluding hydrogens is 245 g/mol. The van der Waals surface area contributed by atoms with Gasteiger partial charge in [0.1, 0.15) is 5.82 Å². The van der Waals surface area contributed by atoms with Crippen molar-refractivity contribution in [2.75, 3.05) is 45.1 Å². The average Bonchev–Trinajstić information content (AvgIpc) is 2.41. The first kappa shape index (κ1) is 13.8. The van der Waals surface area contributed by atoms with Gasteiger partial charge in [-0.3, -0.25) is 4.79 Å². The van der Waals surface area contributed by atoms with E-state index < -0.39 is 0 Å². The Hall–Kier alpha value is -1.62. The Morgan fingerprint density at radius 1 is 1.32 bits per heavy atom. The number of nitrogens with zero attached hydrogens (tertiary/aromatic N) is 2. The van der Waals surface area contributed by atoms with Gasteiger partial charge in [0.15, 0.2) is 0 Å². The second-order valence-corrected chi connectivity index (χ2v) is 4.95. The summed E-state index contributed by atoms with van der Waals surface area (Å²) in [5, 5.41) is 3.02. The molecule has 0 unspecified atom stereocenters. The summed E-state index contributed by atoms with van der Waals surface area (Å²) in [5.41, 5.74) is 1.23.